The number of nitrogens with one attached hydrogen (secondary N) is 2. The van der Waals surface area contributed by atoms with Crippen LogP contribution in [0.2, 0.25) is 0 Å². The summed E-state index contributed by atoms with van der Waals surface area (Å²) < 4.78 is 12.0. The summed E-state index contributed by atoms with van der Waals surface area (Å²) >= 11 is 0. The molecule has 3 N–H and O–H groups in total. The zero-order valence-electron chi connectivity index (χ0n) is 14.5. The Morgan fingerprint density at radius 3 is 1.90 bits per heavy atom. The molecule has 6 heteroatoms. The Kier molecular flexibility index (Phi) is 4.98. The molecule has 1 saturated heterocycles. The second kappa shape index (κ2) is 5.74. The van der Waals surface area contributed by atoms with Crippen LogP contribution in [0.15, 0.2) is 11.2 Å². The monoisotopic (exact) mass is 296 g/mol. The minimum Gasteiger partial charge on any atom is -0.399 e. The largest absolute Gasteiger partial charge is 0.498 e. The fourth-order valence-electron chi connectivity index (χ4n) is 2.04. The van der Waals surface area contributed by atoms with Gasteiger partial charge in [-0.25, -0.2) is 0 Å². The van der Waals surface area contributed by atoms with Crippen molar-refractivity contribution in [3.8, 4) is 0 Å². The fourth-order valence-corrected chi connectivity index (χ4v) is 2.04. The molecule has 0 bridgehead atoms. The van der Waals surface area contributed by atoms with Crippen molar-refractivity contribution in [2.75, 3.05) is 6.54 Å². The molecule has 0 aromatic heterocycles. The summed E-state index contributed by atoms with van der Waals surface area (Å²) in [6.07, 6.45) is 0. The Balaban J connectivity index is 3.01. The van der Waals surface area contributed by atoms with Gasteiger partial charge in [-0.2, -0.15) is 0 Å². The highest BCUT2D eigenvalue weighted by atomic mass is 16.7. The zero-order chi connectivity index (χ0) is 16.6. The molecule has 1 aliphatic rings. The lowest BCUT2D eigenvalue weighted by molar-refractivity contribution is 0.00578. The summed E-state index contributed by atoms with van der Waals surface area (Å²) in [6.45, 7) is 15.4. The van der Waals surface area contributed by atoms with Crippen molar-refractivity contribution in [3.63, 3.8) is 0 Å². The number of rotatable bonds is 5. The summed E-state index contributed by atoms with van der Waals surface area (Å²) in [6, 6.07) is 0. The normalized spacial score (nSPS) is 22.0. The van der Waals surface area contributed by atoms with E-state index >= 15 is 0 Å². The highest BCUT2D eigenvalue weighted by Gasteiger charge is 2.53. The van der Waals surface area contributed by atoms with Crippen molar-refractivity contribution in [2.45, 2.75) is 72.2 Å². The van der Waals surface area contributed by atoms with Gasteiger partial charge in [0.25, 0.3) is 0 Å². The summed E-state index contributed by atoms with van der Waals surface area (Å²) in [5.74, 6) is 0. The zero-order valence-corrected chi connectivity index (χ0v) is 14.5. The minimum atomic E-state index is -0.821. The van der Waals surface area contributed by atoms with Crippen LogP contribution in [0.4, 0.5) is 0 Å². The van der Waals surface area contributed by atoms with Crippen molar-refractivity contribution in [2.24, 2.45) is 0 Å². The van der Waals surface area contributed by atoms with Crippen molar-refractivity contribution in [1.29, 1.82) is 5.41 Å². The van der Waals surface area contributed by atoms with Crippen molar-refractivity contribution in [1.82, 2.24) is 5.32 Å². The van der Waals surface area contributed by atoms with Gasteiger partial charge >= 0.3 is 7.12 Å². The number of hydrogen-bond acceptors (Lipinski definition) is 5. The summed E-state index contributed by atoms with van der Waals surface area (Å²) in [4.78, 5) is 0. The van der Waals surface area contributed by atoms with E-state index in [1.807, 2.05) is 34.6 Å². The molecule has 0 spiro atoms. The van der Waals surface area contributed by atoms with Gasteiger partial charge in [0.15, 0.2) is 0 Å². The average molecular weight is 296 g/mol. The van der Waals surface area contributed by atoms with Gasteiger partial charge in [-0.1, -0.05) is 0 Å². The van der Waals surface area contributed by atoms with E-state index in [0.29, 0.717) is 17.7 Å². The molecule has 0 aliphatic carbocycles. The average Bonchev–Trinajstić information content (AvgIpc) is 2.43. The minimum absolute atomic E-state index is 0.397. The second-order valence-corrected chi connectivity index (χ2v) is 7.42. The van der Waals surface area contributed by atoms with Crippen LogP contribution in [0.3, 0.4) is 0 Å². The van der Waals surface area contributed by atoms with Crippen LogP contribution in [0.25, 0.3) is 0 Å². The van der Waals surface area contributed by atoms with E-state index in [2.05, 4.69) is 5.32 Å². The molecular weight excluding hydrogens is 267 g/mol. The van der Waals surface area contributed by atoms with E-state index < -0.39 is 23.9 Å². The Morgan fingerprint density at radius 2 is 1.57 bits per heavy atom. The third-order valence-corrected chi connectivity index (χ3v) is 4.08. The molecule has 0 aromatic carbocycles. The van der Waals surface area contributed by atoms with Crippen molar-refractivity contribution >= 4 is 12.8 Å². The van der Waals surface area contributed by atoms with Gasteiger partial charge in [0.1, 0.15) is 0 Å². The van der Waals surface area contributed by atoms with E-state index in [4.69, 9.17) is 14.7 Å². The number of aliphatic hydroxyl groups is 1. The van der Waals surface area contributed by atoms with Crippen molar-refractivity contribution < 1.29 is 14.4 Å². The van der Waals surface area contributed by atoms with Gasteiger partial charge in [0, 0.05) is 23.4 Å². The molecule has 1 aliphatic heterocycles. The molecule has 0 aromatic rings. The SMILES string of the molecule is CC(=N)/C(B1OC(C)(C)C(C)(C)O1)=C(/C)NCC(C)(C)O. The Hall–Kier alpha value is -0.845. The van der Waals surface area contributed by atoms with E-state index in [1.165, 1.54) is 0 Å². The Morgan fingerprint density at radius 1 is 1.14 bits per heavy atom. The van der Waals surface area contributed by atoms with Gasteiger partial charge in [-0.3, -0.25) is 0 Å². The van der Waals surface area contributed by atoms with Gasteiger partial charge in [0.2, 0.25) is 0 Å². The summed E-state index contributed by atoms with van der Waals surface area (Å²) in [7, 11) is -0.568. The molecule has 1 fully saturated rings. The van der Waals surface area contributed by atoms with Gasteiger partial charge in [-0.05, 0) is 55.4 Å². The Labute approximate surface area is 128 Å². The maximum absolute atomic E-state index is 9.82. The lowest BCUT2D eigenvalue weighted by Crippen LogP contribution is -2.41. The molecule has 0 amide bonds. The lowest BCUT2D eigenvalue weighted by atomic mass is 9.74. The summed E-state index contributed by atoms with van der Waals surface area (Å²) in [5, 5.41) is 21.0. The van der Waals surface area contributed by atoms with Crippen LogP contribution in [-0.4, -0.2) is 41.3 Å². The second-order valence-electron chi connectivity index (χ2n) is 7.42. The molecule has 1 rings (SSSR count). The predicted octanol–water partition coefficient (Wildman–Crippen LogP) is 2.29. The van der Waals surface area contributed by atoms with Crippen LogP contribution in [0.1, 0.15) is 55.4 Å². The first-order chi connectivity index (χ1) is 9.27. The third kappa shape index (κ3) is 4.31. The van der Waals surface area contributed by atoms with E-state index in [9.17, 15) is 5.11 Å². The first-order valence-electron chi connectivity index (χ1n) is 7.35. The molecule has 0 unspecified atom stereocenters. The number of allylic oxidation sites excluding steroid dienone is 2. The third-order valence-electron chi connectivity index (χ3n) is 4.08. The maximum Gasteiger partial charge on any atom is 0.498 e. The van der Waals surface area contributed by atoms with Gasteiger partial charge in [-0.15, -0.1) is 0 Å². The first-order valence-corrected chi connectivity index (χ1v) is 7.35. The molecule has 120 valence electrons. The van der Waals surface area contributed by atoms with Crippen LogP contribution in [0, 0.1) is 5.41 Å². The summed E-state index contributed by atoms with van der Waals surface area (Å²) in [5.41, 5.74) is 0.192. The molecular formula is C15H29BN2O3. The predicted molar refractivity (Wildman–Crippen MR) is 86.5 cm³/mol. The quantitative estimate of drug-likeness (QED) is 0.537. The van der Waals surface area contributed by atoms with Crippen LogP contribution < -0.4 is 5.32 Å². The lowest BCUT2D eigenvalue weighted by Gasteiger charge is -2.32. The topological polar surface area (TPSA) is 74.6 Å². The smallest absolute Gasteiger partial charge is 0.399 e. The van der Waals surface area contributed by atoms with Crippen LogP contribution >= 0.6 is 0 Å². The molecule has 0 radical (unpaired) electrons. The molecule has 21 heavy (non-hydrogen) atoms. The van der Waals surface area contributed by atoms with E-state index in [1.54, 1.807) is 20.8 Å². The van der Waals surface area contributed by atoms with E-state index in [-0.39, 0.29) is 0 Å². The highest BCUT2D eigenvalue weighted by molar-refractivity contribution is 6.62. The molecule has 5 nitrogen and oxygen atoms in total. The van der Waals surface area contributed by atoms with Crippen LogP contribution in [0.5, 0.6) is 0 Å². The first kappa shape index (κ1) is 18.2. The van der Waals surface area contributed by atoms with E-state index in [0.717, 1.165) is 5.70 Å². The molecule has 1 heterocycles. The highest BCUT2D eigenvalue weighted by Crippen LogP contribution is 2.39. The maximum atomic E-state index is 9.82. The molecule has 0 saturated carbocycles. The van der Waals surface area contributed by atoms with Gasteiger partial charge in [0.05, 0.1) is 16.8 Å². The standard InChI is InChI=1S/C15H29BN2O3/c1-10(17)12(11(2)18-9-13(3,4)19)16-20-14(5,6)15(7,8)21-16/h17-19H,9H2,1-8H3/b12-11+,17-10?. The van der Waals surface area contributed by atoms with Crippen LogP contribution in [-0.2, 0) is 9.31 Å². The number of hydrogen-bond donors (Lipinski definition) is 3. The molecule has 0 atom stereocenters. The fraction of sp³-hybridized carbons (Fsp3) is 0.800. The van der Waals surface area contributed by atoms with Crippen molar-refractivity contribution in [3.05, 3.63) is 11.2 Å². The van der Waals surface area contributed by atoms with Gasteiger partial charge < -0.3 is 25.1 Å². The Bertz CT molecular complexity index is 434.